The summed E-state index contributed by atoms with van der Waals surface area (Å²) >= 11 is 0. The zero-order valence-electron chi connectivity index (χ0n) is 13.8. The lowest BCUT2D eigenvalue weighted by Crippen LogP contribution is -2.48. The van der Waals surface area contributed by atoms with Crippen molar-refractivity contribution >= 4 is 24.2 Å². The predicted molar refractivity (Wildman–Crippen MR) is 95.7 cm³/mol. The van der Waals surface area contributed by atoms with Gasteiger partial charge in [0.2, 0.25) is 11.8 Å². The lowest BCUT2D eigenvalue weighted by molar-refractivity contribution is -0.142. The van der Waals surface area contributed by atoms with E-state index >= 15 is 0 Å². The van der Waals surface area contributed by atoms with Crippen LogP contribution in [0.1, 0.15) is 43.7 Å². The van der Waals surface area contributed by atoms with Crippen LogP contribution >= 0.6 is 12.4 Å². The number of nitrogens with two attached hydrogens (primary N) is 1. The largest absolute Gasteiger partial charge is 0.352 e. The van der Waals surface area contributed by atoms with Crippen molar-refractivity contribution < 1.29 is 9.59 Å². The number of piperidine rings is 1. The van der Waals surface area contributed by atoms with Crippen molar-refractivity contribution in [1.29, 1.82) is 0 Å². The molecule has 2 aliphatic rings. The Bertz CT molecular complexity index is 563. The minimum absolute atomic E-state index is 0. The molecule has 1 aliphatic heterocycles. The molecule has 6 heteroatoms. The molecule has 0 spiro atoms. The van der Waals surface area contributed by atoms with Crippen LogP contribution in [0.5, 0.6) is 0 Å². The Morgan fingerprint density at radius 2 is 1.96 bits per heavy atom. The summed E-state index contributed by atoms with van der Waals surface area (Å²) in [7, 11) is 0. The summed E-state index contributed by atoms with van der Waals surface area (Å²) in [5.41, 5.74) is 6.94. The molecule has 0 radical (unpaired) electrons. The third-order valence-electron chi connectivity index (χ3n) is 4.77. The van der Waals surface area contributed by atoms with Crippen molar-refractivity contribution in [3.05, 3.63) is 35.9 Å². The van der Waals surface area contributed by atoms with Crippen molar-refractivity contribution in [2.24, 2.45) is 11.7 Å². The van der Waals surface area contributed by atoms with Gasteiger partial charge in [-0.1, -0.05) is 30.3 Å². The second kappa shape index (κ2) is 8.49. The summed E-state index contributed by atoms with van der Waals surface area (Å²) < 4.78 is 0. The third-order valence-corrected chi connectivity index (χ3v) is 4.77. The second-order valence-corrected chi connectivity index (χ2v) is 6.60. The fourth-order valence-electron chi connectivity index (χ4n) is 3.21. The van der Waals surface area contributed by atoms with Gasteiger partial charge in [0, 0.05) is 25.6 Å². The van der Waals surface area contributed by atoms with Crippen molar-refractivity contribution in [3.63, 3.8) is 0 Å². The monoisotopic (exact) mass is 351 g/mol. The second-order valence-electron chi connectivity index (χ2n) is 6.60. The maximum absolute atomic E-state index is 12.8. The molecule has 2 amide bonds. The number of halogens is 1. The molecular formula is C18H26ClN3O2. The Balaban J connectivity index is 0.00000208. The van der Waals surface area contributed by atoms with Crippen LogP contribution in [-0.2, 0) is 9.59 Å². The van der Waals surface area contributed by atoms with E-state index in [2.05, 4.69) is 5.32 Å². The van der Waals surface area contributed by atoms with E-state index in [9.17, 15) is 9.59 Å². The minimum atomic E-state index is -0.546. The number of carbonyl (C=O) groups excluding carboxylic acids is 2. The van der Waals surface area contributed by atoms with Gasteiger partial charge in [-0.3, -0.25) is 9.59 Å². The highest BCUT2D eigenvalue weighted by molar-refractivity contribution is 5.89. The maximum atomic E-state index is 12.8. The van der Waals surface area contributed by atoms with E-state index in [1.54, 1.807) is 4.90 Å². The molecule has 1 aromatic rings. The molecule has 0 aromatic heterocycles. The van der Waals surface area contributed by atoms with Crippen LogP contribution in [0.3, 0.4) is 0 Å². The number of amides is 2. The van der Waals surface area contributed by atoms with Gasteiger partial charge in [-0.25, -0.2) is 0 Å². The van der Waals surface area contributed by atoms with E-state index < -0.39 is 6.04 Å². The molecule has 2 atom stereocenters. The Hall–Kier alpha value is -1.59. The highest BCUT2D eigenvalue weighted by Crippen LogP contribution is 2.31. The lowest BCUT2D eigenvalue weighted by atomic mass is 10.0. The summed E-state index contributed by atoms with van der Waals surface area (Å²) in [6, 6.07) is 9.02. The Morgan fingerprint density at radius 3 is 2.58 bits per heavy atom. The van der Waals surface area contributed by atoms with E-state index in [0.29, 0.717) is 25.4 Å². The van der Waals surface area contributed by atoms with Crippen molar-refractivity contribution in [3.8, 4) is 0 Å². The Labute approximate surface area is 149 Å². The van der Waals surface area contributed by atoms with Crippen LogP contribution < -0.4 is 11.1 Å². The summed E-state index contributed by atoms with van der Waals surface area (Å²) in [6.45, 7) is 1.12. The van der Waals surface area contributed by atoms with Gasteiger partial charge in [-0.05, 0) is 37.2 Å². The molecule has 5 nitrogen and oxygen atoms in total. The van der Waals surface area contributed by atoms with E-state index in [1.807, 2.05) is 30.3 Å². The van der Waals surface area contributed by atoms with Gasteiger partial charge in [-0.15, -0.1) is 12.4 Å². The highest BCUT2D eigenvalue weighted by atomic mass is 35.5. The van der Waals surface area contributed by atoms with E-state index in [-0.39, 0.29) is 30.3 Å². The van der Waals surface area contributed by atoms with E-state index in [1.165, 1.54) is 0 Å². The van der Waals surface area contributed by atoms with Crippen molar-refractivity contribution in [2.45, 2.75) is 44.2 Å². The standard InChI is InChI=1S/C18H25N3O2.ClH/c19-15(13-9-10-13)12-20-18(23)17(14-6-2-1-3-7-14)21-11-5-4-8-16(21)22;/h1-3,6-7,13,15,17H,4-5,8-12,19H2,(H,20,23);1H. The quantitative estimate of drug-likeness (QED) is 0.823. The van der Waals surface area contributed by atoms with Crippen LogP contribution in [-0.4, -0.2) is 35.8 Å². The molecule has 24 heavy (non-hydrogen) atoms. The molecule has 132 valence electrons. The smallest absolute Gasteiger partial charge is 0.247 e. The molecule has 1 heterocycles. The normalized spacial score (nSPS) is 20.0. The van der Waals surface area contributed by atoms with Gasteiger partial charge in [-0.2, -0.15) is 0 Å². The topological polar surface area (TPSA) is 75.4 Å². The van der Waals surface area contributed by atoms with Crippen LogP contribution in [0.25, 0.3) is 0 Å². The van der Waals surface area contributed by atoms with Crippen LogP contribution in [0.2, 0.25) is 0 Å². The highest BCUT2D eigenvalue weighted by Gasteiger charge is 2.34. The van der Waals surface area contributed by atoms with Gasteiger partial charge in [0.05, 0.1) is 0 Å². The van der Waals surface area contributed by atoms with Crippen molar-refractivity contribution in [2.75, 3.05) is 13.1 Å². The molecular weight excluding hydrogens is 326 g/mol. The van der Waals surface area contributed by atoms with Crippen LogP contribution in [0, 0.1) is 5.92 Å². The first-order chi connectivity index (χ1) is 11.2. The zero-order valence-corrected chi connectivity index (χ0v) is 14.6. The lowest BCUT2D eigenvalue weighted by Gasteiger charge is -2.34. The first kappa shape index (κ1) is 18.7. The van der Waals surface area contributed by atoms with Gasteiger partial charge in [0.25, 0.3) is 0 Å². The van der Waals surface area contributed by atoms with Gasteiger partial charge < -0.3 is 16.0 Å². The number of benzene rings is 1. The number of hydrogen-bond donors (Lipinski definition) is 2. The average Bonchev–Trinajstić information content (AvgIpc) is 3.41. The molecule has 1 saturated heterocycles. The molecule has 3 N–H and O–H groups in total. The SMILES string of the molecule is Cl.NC(CNC(=O)C(c1ccccc1)N1CCCCC1=O)C1CC1. The zero-order chi connectivity index (χ0) is 16.2. The summed E-state index contributed by atoms with van der Waals surface area (Å²) in [4.78, 5) is 26.8. The van der Waals surface area contributed by atoms with Gasteiger partial charge >= 0.3 is 0 Å². The molecule has 2 unspecified atom stereocenters. The van der Waals surface area contributed by atoms with Gasteiger partial charge in [0.15, 0.2) is 0 Å². The van der Waals surface area contributed by atoms with Gasteiger partial charge in [0.1, 0.15) is 6.04 Å². The maximum Gasteiger partial charge on any atom is 0.247 e. The summed E-state index contributed by atoms with van der Waals surface area (Å²) in [5.74, 6) is 0.483. The number of rotatable bonds is 6. The fraction of sp³-hybridized carbons (Fsp3) is 0.556. The Morgan fingerprint density at radius 1 is 1.25 bits per heavy atom. The number of nitrogens with zero attached hydrogens (tertiary/aromatic N) is 1. The molecule has 2 fully saturated rings. The molecule has 0 bridgehead atoms. The average molecular weight is 352 g/mol. The number of likely N-dealkylation sites (tertiary alicyclic amines) is 1. The van der Waals surface area contributed by atoms with Crippen LogP contribution in [0.4, 0.5) is 0 Å². The van der Waals surface area contributed by atoms with E-state index in [4.69, 9.17) is 5.73 Å². The van der Waals surface area contributed by atoms with Crippen molar-refractivity contribution in [1.82, 2.24) is 10.2 Å². The summed E-state index contributed by atoms with van der Waals surface area (Å²) in [6.07, 6.45) is 4.70. The predicted octanol–water partition coefficient (Wildman–Crippen LogP) is 2.02. The Kier molecular flexibility index (Phi) is 6.63. The fourth-order valence-corrected chi connectivity index (χ4v) is 3.21. The third kappa shape index (κ3) is 4.48. The number of carbonyl (C=O) groups is 2. The molecule has 3 rings (SSSR count). The number of nitrogens with one attached hydrogen (secondary N) is 1. The first-order valence-corrected chi connectivity index (χ1v) is 8.54. The van der Waals surface area contributed by atoms with Crippen LogP contribution in [0.15, 0.2) is 30.3 Å². The minimum Gasteiger partial charge on any atom is -0.352 e. The first-order valence-electron chi connectivity index (χ1n) is 8.54. The molecule has 1 aromatic carbocycles. The summed E-state index contributed by atoms with van der Waals surface area (Å²) in [5, 5.41) is 2.96. The molecule has 1 aliphatic carbocycles. The molecule has 1 saturated carbocycles. The van der Waals surface area contributed by atoms with E-state index in [0.717, 1.165) is 31.2 Å². The number of hydrogen-bond acceptors (Lipinski definition) is 3.